The fourth-order valence-electron chi connectivity index (χ4n) is 2.07. The van der Waals surface area contributed by atoms with Crippen molar-refractivity contribution in [2.45, 2.75) is 26.9 Å². The summed E-state index contributed by atoms with van der Waals surface area (Å²) in [4.78, 5) is 10.7. The largest absolute Gasteiger partial charge is 0.490 e. The van der Waals surface area contributed by atoms with Crippen molar-refractivity contribution < 1.29 is 9.47 Å². The first-order valence-electron chi connectivity index (χ1n) is 8.54. The van der Waals surface area contributed by atoms with Gasteiger partial charge in [0.05, 0.1) is 17.7 Å². The molecule has 0 aliphatic rings. The molecule has 2 aromatic rings. The Kier molecular flexibility index (Phi) is 6.98. The Morgan fingerprint density at radius 1 is 1.35 bits per heavy atom. The molecule has 0 amide bonds. The molecule has 1 aromatic carbocycles. The van der Waals surface area contributed by atoms with Gasteiger partial charge < -0.3 is 14.4 Å². The van der Waals surface area contributed by atoms with Gasteiger partial charge in [0.25, 0.3) is 0 Å². The van der Waals surface area contributed by atoms with Gasteiger partial charge >= 0.3 is 0 Å². The van der Waals surface area contributed by atoms with Gasteiger partial charge in [-0.2, -0.15) is 5.26 Å². The minimum absolute atomic E-state index is 0.255. The Balaban J connectivity index is 2.07. The normalized spacial score (nSPS) is 11.8. The second-order valence-electron chi connectivity index (χ2n) is 5.93. The van der Waals surface area contributed by atoms with Crippen LogP contribution in [0.4, 0.5) is 5.69 Å². The van der Waals surface area contributed by atoms with E-state index in [1.54, 1.807) is 12.4 Å². The number of rotatable bonds is 8. The van der Waals surface area contributed by atoms with Gasteiger partial charge in [-0.1, -0.05) is 18.2 Å². The van der Waals surface area contributed by atoms with Gasteiger partial charge in [-0.3, -0.25) is 0 Å². The van der Waals surface area contributed by atoms with E-state index in [-0.39, 0.29) is 6.10 Å². The van der Waals surface area contributed by atoms with Crippen molar-refractivity contribution in [1.82, 2.24) is 9.88 Å². The van der Waals surface area contributed by atoms with Crippen molar-refractivity contribution in [3.8, 4) is 17.7 Å². The molecule has 6 nitrogen and oxygen atoms in total. The van der Waals surface area contributed by atoms with Crippen LogP contribution in [0.25, 0.3) is 0 Å². The third-order valence-electron chi connectivity index (χ3n) is 3.71. The molecular formula is C20H24N4O2. The smallest absolute Gasteiger partial charge is 0.232 e. The number of nitrogens with zero attached hydrogens (tertiary/aromatic N) is 4. The fraction of sp³-hybridized carbons (Fsp3) is 0.350. The van der Waals surface area contributed by atoms with E-state index in [9.17, 15) is 5.26 Å². The summed E-state index contributed by atoms with van der Waals surface area (Å²) >= 11 is 0. The molecule has 136 valence electrons. The van der Waals surface area contributed by atoms with Crippen molar-refractivity contribution in [3.63, 3.8) is 0 Å². The molecule has 0 saturated carbocycles. The molecule has 0 radical (unpaired) electrons. The second-order valence-corrected chi connectivity index (χ2v) is 5.93. The van der Waals surface area contributed by atoms with Crippen molar-refractivity contribution in [3.05, 3.63) is 47.7 Å². The number of hydrogen-bond donors (Lipinski definition) is 0. The Morgan fingerprint density at radius 3 is 2.73 bits per heavy atom. The van der Waals surface area contributed by atoms with Crippen molar-refractivity contribution in [2.24, 2.45) is 4.99 Å². The van der Waals surface area contributed by atoms with Gasteiger partial charge in [-0.25, -0.2) is 9.98 Å². The highest BCUT2D eigenvalue weighted by atomic mass is 16.5. The van der Waals surface area contributed by atoms with E-state index < -0.39 is 0 Å². The third-order valence-corrected chi connectivity index (χ3v) is 3.71. The van der Waals surface area contributed by atoms with Crippen LogP contribution in [-0.2, 0) is 0 Å². The Hall–Kier alpha value is -3.07. The highest BCUT2D eigenvalue weighted by Gasteiger charge is 2.14. The molecule has 0 aliphatic heterocycles. The number of benzene rings is 1. The maximum atomic E-state index is 9.41. The highest BCUT2D eigenvalue weighted by molar-refractivity contribution is 5.63. The summed E-state index contributed by atoms with van der Waals surface area (Å²) in [6.45, 7) is 6.97. The maximum absolute atomic E-state index is 9.41. The van der Waals surface area contributed by atoms with Crippen molar-refractivity contribution in [2.75, 3.05) is 20.2 Å². The molecule has 1 aromatic heterocycles. The summed E-state index contributed by atoms with van der Waals surface area (Å²) in [5.74, 6) is 1.08. The first-order valence-corrected chi connectivity index (χ1v) is 8.54. The molecule has 0 saturated heterocycles. The molecule has 1 unspecified atom stereocenters. The van der Waals surface area contributed by atoms with E-state index in [2.05, 4.69) is 16.0 Å². The summed E-state index contributed by atoms with van der Waals surface area (Å²) in [6.07, 6.45) is 1.47. The van der Waals surface area contributed by atoms with Crippen LogP contribution in [-0.4, -0.2) is 42.5 Å². The van der Waals surface area contributed by atoms with Crippen LogP contribution < -0.4 is 9.47 Å². The van der Waals surface area contributed by atoms with E-state index in [1.165, 1.54) is 0 Å². The zero-order chi connectivity index (χ0) is 18.9. The zero-order valence-corrected chi connectivity index (χ0v) is 15.6. The van der Waals surface area contributed by atoms with Gasteiger partial charge in [0.2, 0.25) is 5.88 Å². The standard InChI is InChI=1S/C20H24N4O2/c1-5-24(4)14-22-19-11-17(12-21)20(23-16(19)3)26-15(2)13-25-18-9-7-6-8-10-18/h6-11,14-15H,5,13H2,1-4H3. The first kappa shape index (κ1) is 19.3. The fourth-order valence-corrected chi connectivity index (χ4v) is 2.07. The molecule has 0 aliphatic carbocycles. The average molecular weight is 352 g/mol. The molecule has 26 heavy (non-hydrogen) atoms. The Bertz CT molecular complexity index is 784. The number of para-hydroxylation sites is 1. The molecule has 1 heterocycles. The minimum Gasteiger partial charge on any atom is -0.490 e. The van der Waals surface area contributed by atoms with E-state index in [0.717, 1.165) is 12.3 Å². The number of ether oxygens (including phenoxy) is 2. The van der Waals surface area contributed by atoms with E-state index >= 15 is 0 Å². The Labute approximate surface area is 154 Å². The number of aryl methyl sites for hydroxylation is 1. The predicted octanol–water partition coefficient (Wildman–Crippen LogP) is 3.72. The van der Waals surface area contributed by atoms with Crippen LogP contribution in [0.3, 0.4) is 0 Å². The second kappa shape index (κ2) is 9.42. The summed E-state index contributed by atoms with van der Waals surface area (Å²) < 4.78 is 11.5. The molecule has 2 rings (SSSR count). The highest BCUT2D eigenvalue weighted by Crippen LogP contribution is 2.25. The lowest BCUT2D eigenvalue weighted by Crippen LogP contribution is -2.22. The van der Waals surface area contributed by atoms with Crippen molar-refractivity contribution >= 4 is 12.0 Å². The van der Waals surface area contributed by atoms with E-state index in [4.69, 9.17) is 9.47 Å². The SMILES string of the molecule is CCN(C)C=Nc1cc(C#N)c(OC(C)COc2ccccc2)nc1C. The molecular weight excluding hydrogens is 328 g/mol. The molecule has 0 spiro atoms. The van der Waals surface area contributed by atoms with Crippen molar-refractivity contribution in [1.29, 1.82) is 5.26 Å². The lowest BCUT2D eigenvalue weighted by Gasteiger charge is -2.16. The number of hydrogen-bond acceptors (Lipinski definition) is 5. The molecule has 0 fully saturated rings. The van der Waals surface area contributed by atoms with E-state index in [0.29, 0.717) is 29.4 Å². The number of nitriles is 1. The van der Waals surface area contributed by atoms with Gasteiger partial charge in [0, 0.05) is 13.6 Å². The number of aliphatic imine (C=N–C) groups is 1. The molecule has 0 N–H and O–H groups in total. The van der Waals surface area contributed by atoms with Gasteiger partial charge in [-0.15, -0.1) is 0 Å². The maximum Gasteiger partial charge on any atom is 0.232 e. The third kappa shape index (κ3) is 5.49. The molecule has 6 heteroatoms. The quantitative estimate of drug-likeness (QED) is 0.535. The van der Waals surface area contributed by atoms with Crippen LogP contribution in [0.15, 0.2) is 41.4 Å². The van der Waals surface area contributed by atoms with Crippen LogP contribution in [0.2, 0.25) is 0 Å². The first-order chi connectivity index (χ1) is 12.5. The van der Waals surface area contributed by atoms with E-state index in [1.807, 2.05) is 63.1 Å². The van der Waals surface area contributed by atoms with Crippen LogP contribution in [0, 0.1) is 18.3 Å². The topological polar surface area (TPSA) is 70.7 Å². The zero-order valence-electron chi connectivity index (χ0n) is 15.6. The molecule has 0 bridgehead atoms. The van der Waals surface area contributed by atoms with Crippen LogP contribution in [0.5, 0.6) is 11.6 Å². The Morgan fingerprint density at radius 2 is 2.08 bits per heavy atom. The number of aromatic nitrogens is 1. The van der Waals surface area contributed by atoms with Gasteiger partial charge in [-0.05, 0) is 39.0 Å². The lowest BCUT2D eigenvalue weighted by atomic mass is 10.2. The van der Waals surface area contributed by atoms with Crippen LogP contribution in [0.1, 0.15) is 25.1 Å². The predicted molar refractivity (Wildman–Crippen MR) is 102 cm³/mol. The van der Waals surface area contributed by atoms with Gasteiger partial charge in [0.15, 0.2) is 0 Å². The van der Waals surface area contributed by atoms with Crippen LogP contribution >= 0.6 is 0 Å². The summed E-state index contributed by atoms with van der Waals surface area (Å²) in [7, 11) is 1.93. The molecule has 1 atom stereocenters. The average Bonchev–Trinajstić information content (AvgIpc) is 2.66. The summed E-state index contributed by atoms with van der Waals surface area (Å²) in [6, 6.07) is 13.3. The summed E-state index contributed by atoms with van der Waals surface area (Å²) in [5, 5.41) is 9.41. The number of pyridine rings is 1. The van der Waals surface area contributed by atoms with Gasteiger partial charge in [0.1, 0.15) is 30.1 Å². The minimum atomic E-state index is -0.255. The summed E-state index contributed by atoms with van der Waals surface area (Å²) in [5.41, 5.74) is 1.71. The monoisotopic (exact) mass is 352 g/mol. The lowest BCUT2D eigenvalue weighted by molar-refractivity contribution is 0.137.